The van der Waals surface area contributed by atoms with Crippen molar-refractivity contribution in [2.24, 2.45) is 0 Å². The Kier molecular flexibility index (Phi) is 50.6. The van der Waals surface area contributed by atoms with Gasteiger partial charge < -0.3 is 20.3 Å². The van der Waals surface area contributed by atoms with Crippen molar-refractivity contribution in [3.8, 4) is 0 Å². The number of allylic oxidation sites excluding steroid dienone is 7. The van der Waals surface area contributed by atoms with E-state index in [1.54, 1.807) is 6.08 Å². The minimum Gasteiger partial charge on any atom is -0.466 e. The molecule has 0 radical (unpaired) electrons. The van der Waals surface area contributed by atoms with Gasteiger partial charge in [0.25, 0.3) is 0 Å². The van der Waals surface area contributed by atoms with Crippen LogP contribution in [-0.2, 0) is 14.3 Å². The summed E-state index contributed by atoms with van der Waals surface area (Å²) in [6, 6.07) is -0.637. The Morgan fingerprint density at radius 2 is 0.794 bits per heavy atom. The van der Waals surface area contributed by atoms with Gasteiger partial charge in [0, 0.05) is 12.8 Å². The number of hydrogen-bond donors (Lipinski definition) is 3. The van der Waals surface area contributed by atoms with Crippen LogP contribution >= 0.6 is 0 Å². The number of esters is 1. The fourth-order valence-electron chi connectivity index (χ4n) is 8.07. The molecule has 0 fully saturated rings. The van der Waals surface area contributed by atoms with Gasteiger partial charge in [0.05, 0.1) is 25.4 Å². The van der Waals surface area contributed by atoms with Crippen LogP contribution in [0.5, 0.6) is 0 Å². The Labute approximate surface area is 391 Å². The second kappa shape index (κ2) is 52.4. The standard InChI is InChI=1S/C57H105NO5/c1-3-5-7-9-11-13-15-16-17-18-22-25-28-31-35-39-43-47-51-57(62)63-52-48-44-40-36-32-29-26-23-20-19-21-24-27-30-34-38-42-46-50-56(61)58-54(53-59)55(60)49-45-41-37-33-14-12-10-8-6-4-2/h13,15,17-18,21,24,45,49,54-55,59-60H,3-12,14,16,19-20,22-23,25-44,46-48,50-53H2,1-2H3,(H,58,61)/b15-13-,18-17-,24-21-,49-45+. The fraction of sp³-hybridized carbons (Fsp3) is 0.825. The number of aliphatic hydroxyl groups excluding tert-OH is 2. The summed E-state index contributed by atoms with van der Waals surface area (Å²) in [5, 5.41) is 22.9. The zero-order valence-corrected chi connectivity index (χ0v) is 41.8. The van der Waals surface area contributed by atoms with Gasteiger partial charge in [-0.3, -0.25) is 9.59 Å². The number of rotatable bonds is 50. The van der Waals surface area contributed by atoms with Gasteiger partial charge in [-0.15, -0.1) is 0 Å². The van der Waals surface area contributed by atoms with Gasteiger partial charge in [-0.25, -0.2) is 0 Å². The topological polar surface area (TPSA) is 95.9 Å². The van der Waals surface area contributed by atoms with Crippen LogP contribution < -0.4 is 5.32 Å². The van der Waals surface area contributed by atoms with Crippen molar-refractivity contribution in [3.63, 3.8) is 0 Å². The Balaban J connectivity index is 3.45. The van der Waals surface area contributed by atoms with E-state index >= 15 is 0 Å². The molecule has 0 saturated heterocycles. The van der Waals surface area contributed by atoms with Gasteiger partial charge in [0.2, 0.25) is 5.91 Å². The van der Waals surface area contributed by atoms with Crippen LogP contribution in [0.25, 0.3) is 0 Å². The second-order valence-corrected chi connectivity index (χ2v) is 18.5. The number of ether oxygens (including phenoxy) is 1. The maximum absolute atomic E-state index is 12.4. The molecule has 0 aromatic heterocycles. The first kappa shape index (κ1) is 60.8. The molecule has 0 aliphatic rings. The quantitative estimate of drug-likeness (QED) is 0.0321. The zero-order chi connectivity index (χ0) is 45.8. The number of carbonyl (C=O) groups is 2. The number of nitrogens with one attached hydrogen (secondary N) is 1. The fourth-order valence-corrected chi connectivity index (χ4v) is 8.07. The molecule has 0 bridgehead atoms. The van der Waals surface area contributed by atoms with Crippen molar-refractivity contribution < 1.29 is 24.5 Å². The van der Waals surface area contributed by atoms with E-state index in [0.29, 0.717) is 19.4 Å². The zero-order valence-electron chi connectivity index (χ0n) is 41.8. The van der Waals surface area contributed by atoms with Crippen molar-refractivity contribution in [1.82, 2.24) is 5.32 Å². The first-order chi connectivity index (χ1) is 31.0. The molecule has 63 heavy (non-hydrogen) atoms. The van der Waals surface area contributed by atoms with Gasteiger partial charge in [-0.05, 0) is 89.9 Å². The molecule has 6 heteroatoms. The summed E-state index contributed by atoms with van der Waals surface area (Å²) in [4.78, 5) is 24.4. The number of amides is 1. The van der Waals surface area contributed by atoms with Crippen LogP contribution in [0.3, 0.4) is 0 Å². The van der Waals surface area contributed by atoms with Gasteiger partial charge in [-0.2, -0.15) is 0 Å². The van der Waals surface area contributed by atoms with Crippen molar-refractivity contribution >= 4 is 11.9 Å². The molecule has 0 aromatic rings. The Bertz CT molecular complexity index is 1070. The summed E-state index contributed by atoms with van der Waals surface area (Å²) in [5.74, 6) is -0.0917. The minimum absolute atomic E-state index is 0.00616. The lowest BCUT2D eigenvalue weighted by Crippen LogP contribution is -2.45. The van der Waals surface area contributed by atoms with Gasteiger partial charge >= 0.3 is 5.97 Å². The van der Waals surface area contributed by atoms with E-state index in [2.05, 4.69) is 55.6 Å². The molecule has 0 aromatic carbocycles. The summed E-state index contributed by atoms with van der Waals surface area (Å²) in [7, 11) is 0. The lowest BCUT2D eigenvalue weighted by Gasteiger charge is -2.20. The average Bonchev–Trinajstić information content (AvgIpc) is 3.28. The summed E-state index contributed by atoms with van der Waals surface area (Å²) < 4.78 is 5.48. The highest BCUT2D eigenvalue weighted by Gasteiger charge is 2.18. The van der Waals surface area contributed by atoms with Crippen LogP contribution in [0, 0.1) is 0 Å². The van der Waals surface area contributed by atoms with E-state index in [9.17, 15) is 19.8 Å². The third-order valence-electron chi connectivity index (χ3n) is 12.3. The molecule has 0 spiro atoms. The first-order valence-corrected chi connectivity index (χ1v) is 27.4. The van der Waals surface area contributed by atoms with Gasteiger partial charge in [0.15, 0.2) is 0 Å². The second-order valence-electron chi connectivity index (χ2n) is 18.5. The molecule has 0 saturated carbocycles. The van der Waals surface area contributed by atoms with Crippen molar-refractivity contribution in [3.05, 3.63) is 48.6 Å². The molecule has 3 N–H and O–H groups in total. The summed E-state index contributed by atoms with van der Waals surface area (Å²) in [5.41, 5.74) is 0. The van der Waals surface area contributed by atoms with E-state index in [-0.39, 0.29) is 18.5 Å². The third-order valence-corrected chi connectivity index (χ3v) is 12.3. The molecular formula is C57H105NO5. The Morgan fingerprint density at radius 3 is 1.24 bits per heavy atom. The highest BCUT2D eigenvalue weighted by Crippen LogP contribution is 2.15. The predicted octanol–water partition coefficient (Wildman–Crippen LogP) is 16.6. The van der Waals surface area contributed by atoms with Gasteiger partial charge in [0.1, 0.15) is 0 Å². The first-order valence-electron chi connectivity index (χ1n) is 27.4. The molecule has 6 nitrogen and oxygen atoms in total. The monoisotopic (exact) mass is 884 g/mol. The average molecular weight is 884 g/mol. The van der Waals surface area contributed by atoms with E-state index in [0.717, 1.165) is 70.6 Å². The molecular weight excluding hydrogens is 779 g/mol. The predicted molar refractivity (Wildman–Crippen MR) is 273 cm³/mol. The van der Waals surface area contributed by atoms with Crippen LogP contribution in [0.4, 0.5) is 0 Å². The van der Waals surface area contributed by atoms with E-state index in [1.165, 1.54) is 180 Å². The van der Waals surface area contributed by atoms with E-state index < -0.39 is 12.1 Å². The molecule has 368 valence electrons. The maximum Gasteiger partial charge on any atom is 0.305 e. The largest absolute Gasteiger partial charge is 0.466 e. The number of aliphatic hydroxyl groups is 2. The highest BCUT2D eigenvalue weighted by molar-refractivity contribution is 5.76. The normalized spacial score (nSPS) is 13.0. The Morgan fingerprint density at radius 1 is 0.444 bits per heavy atom. The molecule has 1 amide bonds. The SMILES string of the molecule is CCCCCC/C=C\C/C=C\CCCCCCCCCC(=O)OCCCCCCCCCCC/C=C\CCCCCCCC(=O)NC(CO)C(O)/C=C/CCCCCCCCCC. The number of hydrogen-bond acceptors (Lipinski definition) is 5. The summed E-state index contributed by atoms with van der Waals surface area (Å²) in [6.07, 6.45) is 65.5. The van der Waals surface area contributed by atoms with E-state index in [1.807, 2.05) is 6.08 Å². The van der Waals surface area contributed by atoms with E-state index in [4.69, 9.17) is 4.74 Å². The highest BCUT2D eigenvalue weighted by atomic mass is 16.5. The molecule has 0 rings (SSSR count). The lowest BCUT2D eigenvalue weighted by molar-refractivity contribution is -0.143. The van der Waals surface area contributed by atoms with Crippen LogP contribution in [0.2, 0.25) is 0 Å². The molecule has 2 unspecified atom stereocenters. The molecule has 2 atom stereocenters. The summed E-state index contributed by atoms with van der Waals surface area (Å²) in [6.45, 7) is 4.84. The lowest BCUT2D eigenvalue weighted by atomic mass is 10.1. The van der Waals surface area contributed by atoms with Crippen LogP contribution in [-0.4, -0.2) is 47.4 Å². The molecule has 0 aliphatic carbocycles. The van der Waals surface area contributed by atoms with Crippen molar-refractivity contribution in [2.45, 2.75) is 289 Å². The van der Waals surface area contributed by atoms with Crippen LogP contribution in [0.15, 0.2) is 48.6 Å². The maximum atomic E-state index is 12.4. The van der Waals surface area contributed by atoms with Crippen molar-refractivity contribution in [1.29, 1.82) is 0 Å². The number of carbonyl (C=O) groups excluding carboxylic acids is 2. The Hall–Kier alpha value is -2.18. The summed E-state index contributed by atoms with van der Waals surface area (Å²) >= 11 is 0. The molecule has 0 aliphatic heterocycles. The minimum atomic E-state index is -0.852. The number of unbranched alkanes of at least 4 members (excludes halogenated alkanes) is 33. The van der Waals surface area contributed by atoms with Crippen molar-refractivity contribution in [2.75, 3.05) is 13.2 Å². The van der Waals surface area contributed by atoms with Crippen LogP contribution in [0.1, 0.15) is 277 Å². The smallest absolute Gasteiger partial charge is 0.305 e. The van der Waals surface area contributed by atoms with Gasteiger partial charge in [-0.1, -0.05) is 223 Å². The molecule has 0 heterocycles. The third kappa shape index (κ3) is 49.1.